The molecule has 0 aromatic rings. The summed E-state index contributed by atoms with van der Waals surface area (Å²) in [5, 5.41) is 21.9. The van der Waals surface area contributed by atoms with Gasteiger partial charge in [0, 0.05) is 19.9 Å². The molecule has 0 aliphatic rings. The molecule has 0 aliphatic carbocycles. The fourth-order valence-corrected chi connectivity index (χ4v) is 2.11. The quantitative estimate of drug-likeness (QED) is 0.321. The monoisotopic (exact) mass is 375 g/mol. The van der Waals surface area contributed by atoms with E-state index < -0.39 is 12.2 Å². The predicted octanol–water partition coefficient (Wildman–Crippen LogP) is 3.16. The lowest BCUT2D eigenvalue weighted by atomic mass is 10.0. The van der Waals surface area contributed by atoms with E-state index in [0.717, 1.165) is 0 Å². The second kappa shape index (κ2) is 17.2. The van der Waals surface area contributed by atoms with Crippen LogP contribution in [0.2, 0.25) is 0 Å². The van der Waals surface area contributed by atoms with Crippen LogP contribution in [-0.2, 0) is 9.59 Å². The number of aliphatic hydroxyl groups excluding tert-OH is 2. The lowest BCUT2D eigenvalue weighted by molar-refractivity contribution is -0.127. The molecular formula is C22H33NO4. The van der Waals surface area contributed by atoms with Crippen LogP contribution in [0.4, 0.5) is 0 Å². The highest BCUT2D eigenvalue weighted by molar-refractivity contribution is 5.83. The summed E-state index contributed by atoms with van der Waals surface area (Å²) < 4.78 is 0. The maximum Gasteiger partial charge on any atom is 0.219 e. The van der Waals surface area contributed by atoms with Crippen molar-refractivity contribution in [3.63, 3.8) is 0 Å². The molecule has 1 amide bonds. The number of hydrogen-bond acceptors (Lipinski definition) is 4. The minimum atomic E-state index is -0.970. The number of Topliss-reactive ketones (excluding diaryl/α,β-unsaturated/α-hetero) is 1. The lowest BCUT2D eigenvalue weighted by Crippen LogP contribution is -2.21. The van der Waals surface area contributed by atoms with Crippen LogP contribution in [-0.4, -0.2) is 41.2 Å². The van der Waals surface area contributed by atoms with Gasteiger partial charge in [-0.15, -0.1) is 0 Å². The summed E-state index contributed by atoms with van der Waals surface area (Å²) in [4.78, 5) is 22.8. The van der Waals surface area contributed by atoms with E-state index in [4.69, 9.17) is 0 Å². The molecule has 0 saturated carbocycles. The van der Waals surface area contributed by atoms with Crippen molar-refractivity contribution in [1.29, 1.82) is 0 Å². The number of carbonyl (C=O) groups is 2. The molecule has 0 fully saturated rings. The first-order chi connectivity index (χ1) is 13.0. The van der Waals surface area contributed by atoms with Crippen molar-refractivity contribution in [2.45, 2.75) is 57.7 Å². The van der Waals surface area contributed by atoms with Gasteiger partial charge >= 0.3 is 0 Å². The molecule has 0 aliphatic heterocycles. The van der Waals surface area contributed by atoms with Crippen molar-refractivity contribution >= 4 is 11.7 Å². The molecule has 0 spiro atoms. The molecular weight excluding hydrogens is 342 g/mol. The molecule has 150 valence electrons. The van der Waals surface area contributed by atoms with Gasteiger partial charge in [-0.05, 0) is 32.6 Å². The van der Waals surface area contributed by atoms with Gasteiger partial charge in [0.15, 0.2) is 5.78 Å². The Kier molecular flexibility index (Phi) is 15.8. The van der Waals surface area contributed by atoms with E-state index in [2.05, 4.69) is 5.32 Å². The number of ketones is 1. The zero-order valence-corrected chi connectivity index (χ0v) is 16.4. The Hall–Kier alpha value is -2.24. The molecule has 0 rings (SSSR count). The molecule has 3 N–H and O–H groups in total. The molecule has 5 nitrogen and oxygen atoms in total. The first-order valence-electron chi connectivity index (χ1n) is 9.38. The molecule has 0 aromatic carbocycles. The van der Waals surface area contributed by atoms with Crippen molar-refractivity contribution in [3.8, 4) is 0 Å². The lowest BCUT2D eigenvalue weighted by Gasteiger charge is -2.07. The zero-order chi connectivity index (χ0) is 20.3. The Morgan fingerprint density at radius 1 is 0.963 bits per heavy atom. The minimum absolute atomic E-state index is 0.0959. The molecule has 0 heterocycles. The van der Waals surface area contributed by atoms with Crippen LogP contribution in [0.25, 0.3) is 0 Å². The fraction of sp³-hybridized carbons (Fsp3) is 0.455. The number of allylic oxidation sites excluding steroid dienone is 8. The van der Waals surface area contributed by atoms with Gasteiger partial charge < -0.3 is 15.5 Å². The van der Waals surface area contributed by atoms with Crippen molar-refractivity contribution in [2.24, 2.45) is 0 Å². The van der Waals surface area contributed by atoms with Gasteiger partial charge in [0.1, 0.15) is 6.10 Å². The third kappa shape index (κ3) is 15.7. The highest BCUT2D eigenvalue weighted by atomic mass is 16.3. The zero-order valence-electron chi connectivity index (χ0n) is 16.4. The van der Waals surface area contributed by atoms with Crippen LogP contribution in [0.15, 0.2) is 60.8 Å². The SMILES string of the molecule is C/C=C\C[C@H](O)/C=C/C=C\C=C\C=C\CC[C@@H](O)C(=O)CCCC(=O)NC. The summed E-state index contributed by atoms with van der Waals surface area (Å²) in [6.07, 6.45) is 19.7. The Balaban J connectivity index is 3.90. The second-order valence-corrected chi connectivity index (χ2v) is 6.04. The molecule has 5 heteroatoms. The molecule has 0 aromatic heterocycles. The Bertz CT molecular complexity index is 559. The van der Waals surface area contributed by atoms with Crippen LogP contribution in [0.1, 0.15) is 45.4 Å². The number of nitrogens with one attached hydrogen (secondary N) is 1. The average molecular weight is 376 g/mol. The molecule has 27 heavy (non-hydrogen) atoms. The average Bonchev–Trinajstić information content (AvgIpc) is 2.67. The van der Waals surface area contributed by atoms with Gasteiger partial charge in [0.05, 0.1) is 6.10 Å². The highest BCUT2D eigenvalue weighted by Gasteiger charge is 2.13. The van der Waals surface area contributed by atoms with Gasteiger partial charge in [-0.25, -0.2) is 0 Å². The highest BCUT2D eigenvalue weighted by Crippen LogP contribution is 2.06. The van der Waals surface area contributed by atoms with Gasteiger partial charge in [-0.1, -0.05) is 60.8 Å². The van der Waals surface area contributed by atoms with E-state index in [1.54, 1.807) is 19.2 Å². The maximum atomic E-state index is 11.7. The van der Waals surface area contributed by atoms with E-state index in [0.29, 0.717) is 32.1 Å². The Morgan fingerprint density at radius 2 is 1.63 bits per heavy atom. The number of aliphatic hydroxyl groups is 2. The van der Waals surface area contributed by atoms with Gasteiger partial charge in [-0.2, -0.15) is 0 Å². The summed E-state index contributed by atoms with van der Waals surface area (Å²) in [6, 6.07) is 0. The molecule has 0 bridgehead atoms. The third-order valence-corrected chi connectivity index (χ3v) is 3.72. The number of rotatable bonds is 14. The normalized spacial score (nSPS) is 14.8. The van der Waals surface area contributed by atoms with E-state index in [9.17, 15) is 19.8 Å². The van der Waals surface area contributed by atoms with E-state index >= 15 is 0 Å². The van der Waals surface area contributed by atoms with Crippen molar-refractivity contribution < 1.29 is 19.8 Å². The minimum Gasteiger partial charge on any atom is -0.389 e. The summed E-state index contributed by atoms with van der Waals surface area (Å²) >= 11 is 0. The van der Waals surface area contributed by atoms with Crippen molar-refractivity contribution in [1.82, 2.24) is 5.32 Å². The number of amides is 1. The van der Waals surface area contributed by atoms with Crippen LogP contribution >= 0.6 is 0 Å². The molecule has 0 saturated heterocycles. The van der Waals surface area contributed by atoms with Gasteiger partial charge in [-0.3, -0.25) is 9.59 Å². The number of hydrogen-bond donors (Lipinski definition) is 3. The van der Waals surface area contributed by atoms with Crippen LogP contribution in [0.5, 0.6) is 0 Å². The summed E-state index contributed by atoms with van der Waals surface area (Å²) in [7, 11) is 1.56. The summed E-state index contributed by atoms with van der Waals surface area (Å²) in [5.74, 6) is -0.310. The van der Waals surface area contributed by atoms with Crippen LogP contribution in [0.3, 0.4) is 0 Å². The smallest absolute Gasteiger partial charge is 0.219 e. The Labute approximate surface area is 162 Å². The molecule has 0 radical (unpaired) electrons. The largest absolute Gasteiger partial charge is 0.389 e. The molecule has 0 unspecified atom stereocenters. The number of carbonyl (C=O) groups excluding carboxylic acids is 2. The van der Waals surface area contributed by atoms with Crippen LogP contribution in [0, 0.1) is 0 Å². The predicted molar refractivity (Wildman–Crippen MR) is 110 cm³/mol. The van der Waals surface area contributed by atoms with E-state index in [1.165, 1.54) is 0 Å². The van der Waals surface area contributed by atoms with Gasteiger partial charge in [0.25, 0.3) is 0 Å². The summed E-state index contributed by atoms with van der Waals surface area (Å²) in [6.45, 7) is 1.92. The van der Waals surface area contributed by atoms with E-state index in [1.807, 2.05) is 55.5 Å². The van der Waals surface area contributed by atoms with Crippen LogP contribution < -0.4 is 5.32 Å². The van der Waals surface area contributed by atoms with Gasteiger partial charge in [0.2, 0.25) is 5.91 Å². The van der Waals surface area contributed by atoms with Crippen molar-refractivity contribution in [2.75, 3.05) is 7.05 Å². The first-order valence-corrected chi connectivity index (χ1v) is 9.38. The third-order valence-electron chi connectivity index (χ3n) is 3.72. The maximum absolute atomic E-state index is 11.7. The second-order valence-electron chi connectivity index (χ2n) is 6.04. The fourth-order valence-electron chi connectivity index (χ4n) is 2.11. The first kappa shape index (κ1) is 24.8. The summed E-state index contributed by atoms with van der Waals surface area (Å²) in [5.41, 5.74) is 0. The Morgan fingerprint density at radius 3 is 2.30 bits per heavy atom. The van der Waals surface area contributed by atoms with Crippen molar-refractivity contribution in [3.05, 3.63) is 60.8 Å². The topological polar surface area (TPSA) is 86.6 Å². The standard InChI is InChI=1S/C22H33NO4/c1-3-4-14-19(24)15-11-9-7-5-6-8-10-12-16-20(25)21(26)17-13-18-22(27)23-2/h3-11,15,19-20,24-25H,12-14,16-18H2,1-2H3,(H,23,27)/b4-3-,6-5+,9-7-,10-8+,15-11+/t19-,20+/m0/s1. The van der Waals surface area contributed by atoms with E-state index in [-0.39, 0.29) is 18.1 Å². The molecule has 2 atom stereocenters.